The van der Waals surface area contributed by atoms with Crippen molar-refractivity contribution < 1.29 is 4.74 Å². The van der Waals surface area contributed by atoms with E-state index in [2.05, 4.69) is 30.4 Å². The van der Waals surface area contributed by atoms with Gasteiger partial charge in [0.05, 0.1) is 0 Å². The molecular formula is C16H18ClNO. The van der Waals surface area contributed by atoms with Gasteiger partial charge in [-0.25, -0.2) is 0 Å². The zero-order valence-electron chi connectivity index (χ0n) is 11.0. The highest BCUT2D eigenvalue weighted by Gasteiger charge is 2.02. The lowest BCUT2D eigenvalue weighted by Gasteiger charge is -2.11. The zero-order chi connectivity index (χ0) is 13.5. The van der Waals surface area contributed by atoms with Crippen molar-refractivity contribution in [2.24, 2.45) is 0 Å². The van der Waals surface area contributed by atoms with Gasteiger partial charge in [-0.15, -0.1) is 0 Å². The van der Waals surface area contributed by atoms with Gasteiger partial charge in [-0.1, -0.05) is 42.8 Å². The Bertz CT molecular complexity index is 510. The lowest BCUT2D eigenvalue weighted by atomic mass is 10.1. The van der Waals surface area contributed by atoms with Gasteiger partial charge in [0.15, 0.2) is 0 Å². The molecule has 19 heavy (non-hydrogen) atoms. The van der Waals surface area contributed by atoms with E-state index in [0.717, 1.165) is 23.9 Å². The Morgan fingerprint density at radius 3 is 2.37 bits per heavy atom. The molecule has 100 valence electrons. The maximum absolute atomic E-state index is 5.85. The fraction of sp³-hybridized carbons (Fsp3) is 0.250. The first kappa shape index (κ1) is 13.9. The molecule has 0 atom stereocenters. The van der Waals surface area contributed by atoms with E-state index in [0.29, 0.717) is 6.61 Å². The average molecular weight is 276 g/mol. The van der Waals surface area contributed by atoms with Crippen molar-refractivity contribution in [1.82, 2.24) is 5.32 Å². The van der Waals surface area contributed by atoms with E-state index >= 15 is 0 Å². The Morgan fingerprint density at radius 1 is 1.00 bits per heavy atom. The number of hydrogen-bond acceptors (Lipinski definition) is 2. The third-order valence-corrected chi connectivity index (χ3v) is 3.14. The third-order valence-electron chi connectivity index (χ3n) is 2.89. The molecule has 0 heterocycles. The zero-order valence-corrected chi connectivity index (χ0v) is 11.8. The minimum absolute atomic E-state index is 0.573. The molecule has 0 saturated heterocycles. The Morgan fingerprint density at radius 2 is 1.68 bits per heavy atom. The van der Waals surface area contributed by atoms with E-state index in [1.807, 2.05) is 30.3 Å². The molecule has 0 saturated carbocycles. The highest BCUT2D eigenvalue weighted by molar-refractivity contribution is 6.30. The van der Waals surface area contributed by atoms with E-state index in [4.69, 9.17) is 16.3 Å². The van der Waals surface area contributed by atoms with Gasteiger partial charge < -0.3 is 10.1 Å². The summed E-state index contributed by atoms with van der Waals surface area (Å²) in [6, 6.07) is 15.8. The molecule has 0 fully saturated rings. The van der Waals surface area contributed by atoms with Crippen LogP contribution in [0.15, 0.2) is 48.5 Å². The van der Waals surface area contributed by atoms with Crippen LogP contribution >= 0.6 is 11.6 Å². The van der Waals surface area contributed by atoms with E-state index in [1.54, 1.807) is 0 Å². The number of ether oxygens (including phenoxy) is 1. The van der Waals surface area contributed by atoms with Gasteiger partial charge in [0.25, 0.3) is 0 Å². The number of halogens is 1. The Balaban J connectivity index is 2.00. The normalized spacial score (nSPS) is 10.4. The molecular weight excluding hydrogens is 258 g/mol. The molecule has 0 aromatic heterocycles. The third kappa shape index (κ3) is 4.27. The smallest absolute Gasteiger partial charge is 0.119 e. The SMILES string of the molecule is CCNCc1ccccc1COc1ccc(Cl)cc1. The van der Waals surface area contributed by atoms with Gasteiger partial charge in [-0.3, -0.25) is 0 Å². The van der Waals surface area contributed by atoms with Crippen molar-refractivity contribution in [3.8, 4) is 5.75 Å². The predicted molar refractivity (Wildman–Crippen MR) is 79.6 cm³/mol. The first-order valence-electron chi connectivity index (χ1n) is 6.45. The molecule has 2 aromatic carbocycles. The molecule has 3 heteroatoms. The van der Waals surface area contributed by atoms with Crippen molar-refractivity contribution in [3.05, 3.63) is 64.7 Å². The molecule has 0 aliphatic heterocycles. The summed E-state index contributed by atoms with van der Waals surface area (Å²) in [5, 5.41) is 4.06. The average Bonchev–Trinajstić information content (AvgIpc) is 2.45. The maximum atomic E-state index is 5.85. The molecule has 0 bridgehead atoms. The van der Waals surface area contributed by atoms with E-state index in [9.17, 15) is 0 Å². The quantitative estimate of drug-likeness (QED) is 0.859. The largest absolute Gasteiger partial charge is 0.489 e. The second kappa shape index (κ2) is 7.17. The molecule has 2 aromatic rings. The number of hydrogen-bond donors (Lipinski definition) is 1. The van der Waals surface area contributed by atoms with Crippen LogP contribution in [0.3, 0.4) is 0 Å². The van der Waals surface area contributed by atoms with Crippen LogP contribution in [0, 0.1) is 0 Å². The maximum Gasteiger partial charge on any atom is 0.119 e. The van der Waals surface area contributed by atoms with Crippen LogP contribution in [0.25, 0.3) is 0 Å². The van der Waals surface area contributed by atoms with E-state index in [-0.39, 0.29) is 0 Å². The fourth-order valence-corrected chi connectivity index (χ4v) is 1.95. The summed E-state index contributed by atoms with van der Waals surface area (Å²) in [5.41, 5.74) is 2.48. The van der Waals surface area contributed by atoms with Crippen molar-refractivity contribution in [1.29, 1.82) is 0 Å². The van der Waals surface area contributed by atoms with Gasteiger partial charge >= 0.3 is 0 Å². The Hall–Kier alpha value is -1.51. The second-order valence-electron chi connectivity index (χ2n) is 4.29. The summed E-state index contributed by atoms with van der Waals surface area (Å²) >= 11 is 5.85. The first-order chi connectivity index (χ1) is 9.29. The highest BCUT2D eigenvalue weighted by Crippen LogP contribution is 2.18. The lowest BCUT2D eigenvalue weighted by Crippen LogP contribution is -2.13. The minimum atomic E-state index is 0.573. The molecule has 2 rings (SSSR count). The summed E-state index contributed by atoms with van der Waals surface area (Å²) in [6.45, 7) is 4.51. The van der Waals surface area contributed by atoms with Crippen molar-refractivity contribution in [3.63, 3.8) is 0 Å². The van der Waals surface area contributed by atoms with Crippen molar-refractivity contribution in [2.75, 3.05) is 6.54 Å². The molecule has 0 spiro atoms. The molecule has 2 nitrogen and oxygen atoms in total. The van der Waals surface area contributed by atoms with Crippen LogP contribution in [-0.4, -0.2) is 6.54 Å². The molecule has 0 amide bonds. The topological polar surface area (TPSA) is 21.3 Å². The van der Waals surface area contributed by atoms with Crippen LogP contribution in [0.5, 0.6) is 5.75 Å². The number of benzene rings is 2. The highest BCUT2D eigenvalue weighted by atomic mass is 35.5. The molecule has 0 aliphatic carbocycles. The monoisotopic (exact) mass is 275 g/mol. The molecule has 0 radical (unpaired) electrons. The summed E-state index contributed by atoms with van der Waals surface area (Å²) in [5.74, 6) is 0.836. The fourth-order valence-electron chi connectivity index (χ4n) is 1.82. The Labute approximate surface area is 119 Å². The first-order valence-corrected chi connectivity index (χ1v) is 6.83. The molecule has 1 N–H and O–H groups in total. The predicted octanol–water partition coefficient (Wildman–Crippen LogP) is 4.03. The lowest BCUT2D eigenvalue weighted by molar-refractivity contribution is 0.304. The van der Waals surface area contributed by atoms with E-state index in [1.165, 1.54) is 11.1 Å². The molecule has 0 unspecified atom stereocenters. The van der Waals surface area contributed by atoms with Crippen LogP contribution in [0.1, 0.15) is 18.1 Å². The summed E-state index contributed by atoms with van der Waals surface area (Å²) in [7, 11) is 0. The Kier molecular flexibility index (Phi) is 5.25. The van der Waals surface area contributed by atoms with E-state index < -0.39 is 0 Å². The van der Waals surface area contributed by atoms with Crippen LogP contribution in [-0.2, 0) is 13.2 Å². The van der Waals surface area contributed by atoms with Gasteiger partial charge in [0.2, 0.25) is 0 Å². The van der Waals surface area contributed by atoms with Crippen LogP contribution < -0.4 is 10.1 Å². The van der Waals surface area contributed by atoms with Crippen LogP contribution in [0.4, 0.5) is 0 Å². The standard InChI is InChI=1S/C16H18ClNO/c1-2-18-11-13-5-3-4-6-14(13)12-19-16-9-7-15(17)8-10-16/h3-10,18H,2,11-12H2,1H3. The summed E-state index contributed by atoms with van der Waals surface area (Å²) in [6.07, 6.45) is 0. The van der Waals surface area contributed by atoms with Gasteiger partial charge in [0.1, 0.15) is 12.4 Å². The van der Waals surface area contributed by atoms with Gasteiger partial charge in [-0.05, 0) is 41.9 Å². The minimum Gasteiger partial charge on any atom is -0.489 e. The molecule has 0 aliphatic rings. The van der Waals surface area contributed by atoms with Gasteiger partial charge in [0, 0.05) is 11.6 Å². The van der Waals surface area contributed by atoms with Crippen molar-refractivity contribution >= 4 is 11.6 Å². The summed E-state index contributed by atoms with van der Waals surface area (Å²) < 4.78 is 5.78. The van der Waals surface area contributed by atoms with Gasteiger partial charge in [-0.2, -0.15) is 0 Å². The number of nitrogens with one attached hydrogen (secondary N) is 1. The number of rotatable bonds is 6. The van der Waals surface area contributed by atoms with Crippen LogP contribution in [0.2, 0.25) is 5.02 Å². The van der Waals surface area contributed by atoms with Crippen molar-refractivity contribution in [2.45, 2.75) is 20.1 Å². The summed E-state index contributed by atoms with van der Waals surface area (Å²) in [4.78, 5) is 0. The second-order valence-corrected chi connectivity index (χ2v) is 4.73.